The first-order chi connectivity index (χ1) is 8.08. The molecule has 2 aromatic rings. The van der Waals surface area contributed by atoms with E-state index in [0.717, 1.165) is 22.4 Å². The summed E-state index contributed by atoms with van der Waals surface area (Å²) >= 11 is 3.50. The highest BCUT2D eigenvalue weighted by Crippen LogP contribution is 2.22. The third-order valence-electron chi connectivity index (χ3n) is 2.67. The van der Waals surface area contributed by atoms with Gasteiger partial charge in [-0.15, -0.1) is 0 Å². The van der Waals surface area contributed by atoms with Crippen molar-refractivity contribution in [2.45, 2.75) is 26.3 Å². The van der Waals surface area contributed by atoms with Gasteiger partial charge in [-0.25, -0.2) is 4.98 Å². The van der Waals surface area contributed by atoms with Crippen LogP contribution in [0.25, 0.3) is 5.69 Å². The second kappa shape index (κ2) is 5.02. The van der Waals surface area contributed by atoms with Crippen LogP contribution in [-0.4, -0.2) is 15.6 Å². The number of aryl methyl sites for hydroxylation is 1. The molecule has 4 heteroatoms. The van der Waals surface area contributed by atoms with Crippen molar-refractivity contribution in [3.63, 3.8) is 0 Å². The van der Waals surface area contributed by atoms with Gasteiger partial charge in [0, 0.05) is 22.9 Å². The van der Waals surface area contributed by atoms with Gasteiger partial charge in [-0.2, -0.15) is 0 Å². The Balaban J connectivity index is 2.50. The molecule has 1 heterocycles. The highest BCUT2D eigenvalue weighted by molar-refractivity contribution is 9.10. The second-order valence-electron chi connectivity index (χ2n) is 4.30. The lowest BCUT2D eigenvalue weighted by Crippen LogP contribution is -2.19. The number of aromatic nitrogens is 2. The molecule has 0 spiro atoms. The van der Waals surface area contributed by atoms with Gasteiger partial charge in [0.05, 0.1) is 5.69 Å². The number of hydrogen-bond donors (Lipinski definition) is 1. The summed E-state index contributed by atoms with van der Waals surface area (Å²) < 4.78 is 3.17. The van der Waals surface area contributed by atoms with Crippen LogP contribution < -0.4 is 5.73 Å². The van der Waals surface area contributed by atoms with Crippen molar-refractivity contribution < 1.29 is 0 Å². The fourth-order valence-electron chi connectivity index (χ4n) is 1.93. The van der Waals surface area contributed by atoms with Crippen LogP contribution in [0.15, 0.2) is 35.1 Å². The highest BCUT2D eigenvalue weighted by Gasteiger charge is 2.09. The van der Waals surface area contributed by atoms with Crippen molar-refractivity contribution >= 4 is 15.9 Å². The number of benzene rings is 1. The van der Waals surface area contributed by atoms with E-state index in [4.69, 9.17) is 5.73 Å². The third-order valence-corrected chi connectivity index (χ3v) is 3.16. The molecule has 2 N–H and O–H groups in total. The number of imidazole rings is 1. The van der Waals surface area contributed by atoms with Gasteiger partial charge < -0.3 is 10.3 Å². The van der Waals surface area contributed by atoms with E-state index in [1.165, 1.54) is 5.56 Å². The van der Waals surface area contributed by atoms with E-state index in [9.17, 15) is 0 Å². The molecule has 0 bridgehead atoms. The van der Waals surface area contributed by atoms with Gasteiger partial charge in [-0.05, 0) is 44.0 Å². The van der Waals surface area contributed by atoms with Gasteiger partial charge in [0.15, 0.2) is 0 Å². The lowest BCUT2D eigenvalue weighted by Gasteiger charge is -2.14. The van der Waals surface area contributed by atoms with E-state index >= 15 is 0 Å². The van der Waals surface area contributed by atoms with Crippen molar-refractivity contribution in [3.05, 3.63) is 46.5 Å². The van der Waals surface area contributed by atoms with Gasteiger partial charge in [-0.1, -0.05) is 15.9 Å². The summed E-state index contributed by atoms with van der Waals surface area (Å²) in [6.45, 7) is 4.02. The van der Waals surface area contributed by atoms with Gasteiger partial charge in [-0.3, -0.25) is 0 Å². The molecule has 0 amide bonds. The van der Waals surface area contributed by atoms with Crippen LogP contribution in [0.2, 0.25) is 0 Å². The fraction of sp³-hybridized carbons (Fsp3) is 0.308. The molecule has 0 fully saturated rings. The number of rotatable bonds is 3. The summed E-state index contributed by atoms with van der Waals surface area (Å²) in [7, 11) is 0. The Hall–Kier alpha value is -1.13. The second-order valence-corrected chi connectivity index (χ2v) is 5.21. The predicted octanol–water partition coefficient (Wildman–Crippen LogP) is 2.83. The average molecular weight is 294 g/mol. The SMILES string of the molecule is Cc1nccn1-c1ccc(Br)cc1CC(C)N. The maximum absolute atomic E-state index is 5.89. The lowest BCUT2D eigenvalue weighted by atomic mass is 10.1. The minimum atomic E-state index is 0.145. The molecule has 2 rings (SSSR count). The van der Waals surface area contributed by atoms with Crippen LogP contribution in [-0.2, 0) is 6.42 Å². The smallest absolute Gasteiger partial charge is 0.110 e. The number of hydrogen-bond acceptors (Lipinski definition) is 2. The van der Waals surface area contributed by atoms with Crippen molar-refractivity contribution in [1.29, 1.82) is 0 Å². The molecule has 1 unspecified atom stereocenters. The van der Waals surface area contributed by atoms with E-state index in [0.29, 0.717) is 0 Å². The van der Waals surface area contributed by atoms with Crippen LogP contribution in [0.4, 0.5) is 0 Å². The van der Waals surface area contributed by atoms with E-state index in [1.807, 2.05) is 32.3 Å². The first-order valence-electron chi connectivity index (χ1n) is 5.62. The molecule has 0 saturated carbocycles. The van der Waals surface area contributed by atoms with Crippen molar-refractivity contribution in [2.24, 2.45) is 5.73 Å². The van der Waals surface area contributed by atoms with Crippen LogP contribution in [0.1, 0.15) is 18.3 Å². The van der Waals surface area contributed by atoms with E-state index < -0.39 is 0 Å². The molecule has 1 aromatic carbocycles. The van der Waals surface area contributed by atoms with Gasteiger partial charge in [0.25, 0.3) is 0 Å². The zero-order chi connectivity index (χ0) is 12.4. The predicted molar refractivity (Wildman–Crippen MR) is 73.4 cm³/mol. The fourth-order valence-corrected chi connectivity index (χ4v) is 2.34. The lowest BCUT2D eigenvalue weighted by molar-refractivity contribution is 0.732. The Morgan fingerprint density at radius 3 is 2.82 bits per heavy atom. The molecule has 1 atom stereocenters. The Morgan fingerprint density at radius 1 is 1.47 bits per heavy atom. The van der Waals surface area contributed by atoms with Gasteiger partial charge in [0.2, 0.25) is 0 Å². The summed E-state index contributed by atoms with van der Waals surface area (Å²) in [5, 5.41) is 0. The van der Waals surface area contributed by atoms with Gasteiger partial charge in [0.1, 0.15) is 5.82 Å². The molecule has 0 saturated heterocycles. The summed E-state index contributed by atoms with van der Waals surface area (Å²) in [4.78, 5) is 4.26. The zero-order valence-corrected chi connectivity index (χ0v) is 11.6. The Bertz CT molecular complexity index is 517. The molecular weight excluding hydrogens is 278 g/mol. The Kier molecular flexibility index (Phi) is 3.64. The standard InChI is InChI=1S/C13H16BrN3/c1-9(15)7-11-8-12(14)3-4-13(11)17-6-5-16-10(17)2/h3-6,8-9H,7,15H2,1-2H3. The summed E-state index contributed by atoms with van der Waals surface area (Å²) in [5.74, 6) is 0.984. The maximum Gasteiger partial charge on any atom is 0.110 e. The third kappa shape index (κ3) is 2.76. The molecule has 17 heavy (non-hydrogen) atoms. The largest absolute Gasteiger partial charge is 0.328 e. The topological polar surface area (TPSA) is 43.8 Å². The first kappa shape index (κ1) is 12.3. The zero-order valence-electron chi connectivity index (χ0n) is 10.0. The van der Waals surface area contributed by atoms with E-state index in [1.54, 1.807) is 0 Å². The van der Waals surface area contributed by atoms with Crippen LogP contribution >= 0.6 is 15.9 Å². The van der Waals surface area contributed by atoms with Crippen molar-refractivity contribution in [2.75, 3.05) is 0 Å². The molecular formula is C13H16BrN3. The van der Waals surface area contributed by atoms with Crippen molar-refractivity contribution in [1.82, 2.24) is 9.55 Å². The van der Waals surface area contributed by atoms with Crippen molar-refractivity contribution in [3.8, 4) is 5.69 Å². The normalized spacial score (nSPS) is 12.7. The minimum absolute atomic E-state index is 0.145. The molecule has 90 valence electrons. The van der Waals surface area contributed by atoms with Crippen LogP contribution in [0.5, 0.6) is 0 Å². The molecule has 0 aliphatic rings. The number of nitrogens with two attached hydrogens (primary N) is 1. The van der Waals surface area contributed by atoms with Gasteiger partial charge >= 0.3 is 0 Å². The number of halogens is 1. The quantitative estimate of drug-likeness (QED) is 0.946. The highest BCUT2D eigenvalue weighted by atomic mass is 79.9. The molecule has 0 radical (unpaired) electrons. The molecule has 0 aliphatic heterocycles. The van der Waals surface area contributed by atoms with E-state index in [2.05, 4.69) is 37.6 Å². The molecule has 0 aliphatic carbocycles. The van der Waals surface area contributed by atoms with Crippen LogP contribution in [0.3, 0.4) is 0 Å². The summed E-state index contributed by atoms with van der Waals surface area (Å²) in [6.07, 6.45) is 4.64. The summed E-state index contributed by atoms with van der Waals surface area (Å²) in [5.41, 5.74) is 8.28. The van der Waals surface area contributed by atoms with E-state index in [-0.39, 0.29) is 6.04 Å². The summed E-state index contributed by atoms with van der Waals surface area (Å²) in [6, 6.07) is 6.40. The molecule has 1 aromatic heterocycles. The monoisotopic (exact) mass is 293 g/mol. The first-order valence-corrected chi connectivity index (χ1v) is 6.41. The Morgan fingerprint density at radius 2 is 2.24 bits per heavy atom. The Labute approximate surface area is 110 Å². The molecule has 3 nitrogen and oxygen atoms in total. The average Bonchev–Trinajstić information content (AvgIpc) is 2.64. The number of nitrogens with zero attached hydrogens (tertiary/aromatic N) is 2. The maximum atomic E-state index is 5.89. The minimum Gasteiger partial charge on any atom is -0.328 e. The van der Waals surface area contributed by atoms with Crippen LogP contribution in [0, 0.1) is 6.92 Å².